The van der Waals surface area contributed by atoms with Gasteiger partial charge in [0.25, 0.3) is 5.91 Å². The van der Waals surface area contributed by atoms with Crippen molar-refractivity contribution in [3.63, 3.8) is 0 Å². The first-order valence-electron chi connectivity index (χ1n) is 7.31. The maximum atomic E-state index is 13.5. The van der Waals surface area contributed by atoms with Gasteiger partial charge in [-0.3, -0.25) is 4.79 Å². The predicted molar refractivity (Wildman–Crippen MR) is 87.6 cm³/mol. The summed E-state index contributed by atoms with van der Waals surface area (Å²) in [5.41, 5.74) is 2.94. The number of amides is 1. The molecule has 5 heteroatoms. The molecule has 2 rings (SSSR count). The van der Waals surface area contributed by atoms with E-state index in [-0.39, 0.29) is 5.91 Å². The first kappa shape index (κ1) is 17.0. The van der Waals surface area contributed by atoms with Crippen LogP contribution in [-0.2, 0) is 4.74 Å². The van der Waals surface area contributed by atoms with Gasteiger partial charge in [-0.25, -0.2) is 4.39 Å². The molecule has 1 N–H and O–H groups in total. The van der Waals surface area contributed by atoms with Crippen molar-refractivity contribution in [2.45, 2.75) is 13.8 Å². The van der Waals surface area contributed by atoms with Crippen LogP contribution in [0.2, 0.25) is 0 Å². The number of ether oxygens (including phenoxy) is 2. The lowest BCUT2D eigenvalue weighted by Gasteiger charge is -2.13. The smallest absolute Gasteiger partial charge is 0.255 e. The zero-order valence-electron chi connectivity index (χ0n) is 13.5. The van der Waals surface area contributed by atoms with Gasteiger partial charge in [-0.1, -0.05) is 6.07 Å². The van der Waals surface area contributed by atoms with Crippen molar-refractivity contribution in [2.75, 3.05) is 25.6 Å². The SMILES string of the molecule is COCCOc1ccc(F)cc1NC(=O)c1ccc(C)c(C)c1. The molecular formula is C18H20FNO3. The quantitative estimate of drug-likeness (QED) is 0.826. The van der Waals surface area contributed by atoms with E-state index >= 15 is 0 Å². The average molecular weight is 317 g/mol. The van der Waals surface area contributed by atoms with Crippen molar-refractivity contribution >= 4 is 11.6 Å². The number of aryl methyl sites for hydroxylation is 2. The summed E-state index contributed by atoms with van der Waals surface area (Å²) < 4.78 is 23.9. The lowest BCUT2D eigenvalue weighted by molar-refractivity contribution is 0.102. The summed E-state index contributed by atoms with van der Waals surface area (Å²) in [7, 11) is 1.57. The van der Waals surface area contributed by atoms with Gasteiger partial charge in [0, 0.05) is 18.7 Å². The summed E-state index contributed by atoms with van der Waals surface area (Å²) in [5.74, 6) is -0.351. The summed E-state index contributed by atoms with van der Waals surface area (Å²) in [6.45, 7) is 4.63. The number of hydrogen-bond acceptors (Lipinski definition) is 3. The molecule has 0 atom stereocenters. The second kappa shape index (κ2) is 7.74. The molecule has 23 heavy (non-hydrogen) atoms. The van der Waals surface area contributed by atoms with E-state index in [1.165, 1.54) is 18.2 Å². The fourth-order valence-corrected chi connectivity index (χ4v) is 2.04. The summed E-state index contributed by atoms with van der Waals surface area (Å²) in [6, 6.07) is 9.43. The molecule has 0 spiro atoms. The van der Waals surface area contributed by atoms with Gasteiger partial charge in [-0.2, -0.15) is 0 Å². The molecule has 0 saturated heterocycles. The van der Waals surface area contributed by atoms with Gasteiger partial charge in [-0.05, 0) is 49.2 Å². The molecule has 0 radical (unpaired) electrons. The van der Waals surface area contributed by atoms with E-state index < -0.39 is 5.82 Å². The lowest BCUT2D eigenvalue weighted by atomic mass is 10.1. The molecule has 122 valence electrons. The number of methoxy groups -OCH3 is 1. The van der Waals surface area contributed by atoms with Crippen LogP contribution in [0, 0.1) is 19.7 Å². The van der Waals surface area contributed by atoms with Crippen LogP contribution < -0.4 is 10.1 Å². The van der Waals surface area contributed by atoms with Crippen molar-refractivity contribution in [1.82, 2.24) is 0 Å². The van der Waals surface area contributed by atoms with E-state index in [0.29, 0.717) is 30.2 Å². The Morgan fingerprint density at radius 1 is 1.09 bits per heavy atom. The largest absolute Gasteiger partial charge is 0.489 e. The predicted octanol–water partition coefficient (Wildman–Crippen LogP) is 3.72. The van der Waals surface area contributed by atoms with Crippen LogP contribution in [-0.4, -0.2) is 26.2 Å². The Hall–Kier alpha value is -2.40. The second-order valence-electron chi connectivity index (χ2n) is 5.23. The van der Waals surface area contributed by atoms with Gasteiger partial charge in [0.1, 0.15) is 18.2 Å². The number of carbonyl (C=O) groups is 1. The van der Waals surface area contributed by atoms with E-state index in [9.17, 15) is 9.18 Å². The van der Waals surface area contributed by atoms with E-state index in [4.69, 9.17) is 9.47 Å². The number of carbonyl (C=O) groups excluding carboxylic acids is 1. The van der Waals surface area contributed by atoms with E-state index in [1.807, 2.05) is 19.9 Å². The molecule has 4 nitrogen and oxygen atoms in total. The average Bonchev–Trinajstić information content (AvgIpc) is 2.52. The van der Waals surface area contributed by atoms with Gasteiger partial charge in [-0.15, -0.1) is 0 Å². The topological polar surface area (TPSA) is 47.6 Å². The molecule has 0 fully saturated rings. The van der Waals surface area contributed by atoms with E-state index in [1.54, 1.807) is 19.2 Å². The van der Waals surface area contributed by atoms with Gasteiger partial charge < -0.3 is 14.8 Å². The van der Waals surface area contributed by atoms with Crippen LogP contribution in [0.4, 0.5) is 10.1 Å². The number of anilines is 1. The highest BCUT2D eigenvalue weighted by Gasteiger charge is 2.12. The van der Waals surface area contributed by atoms with E-state index in [0.717, 1.165) is 11.1 Å². The molecule has 0 aromatic heterocycles. The third-order valence-corrected chi connectivity index (χ3v) is 3.50. The number of rotatable bonds is 6. The Bertz CT molecular complexity index is 701. The number of benzene rings is 2. The molecule has 0 aliphatic carbocycles. The summed E-state index contributed by atoms with van der Waals surface area (Å²) in [5, 5.41) is 2.70. The Balaban J connectivity index is 2.18. The van der Waals surface area contributed by atoms with Crippen LogP contribution in [0.5, 0.6) is 5.75 Å². The van der Waals surface area contributed by atoms with Crippen LogP contribution in [0.3, 0.4) is 0 Å². The Labute approximate surface area is 135 Å². The number of hydrogen-bond donors (Lipinski definition) is 1. The molecule has 0 heterocycles. The van der Waals surface area contributed by atoms with Gasteiger partial charge in [0.2, 0.25) is 0 Å². The zero-order chi connectivity index (χ0) is 16.8. The summed E-state index contributed by atoms with van der Waals surface area (Å²) >= 11 is 0. The minimum atomic E-state index is -0.445. The standard InChI is InChI=1S/C18H20FNO3/c1-12-4-5-14(10-13(12)2)18(21)20-16-11-15(19)6-7-17(16)23-9-8-22-3/h4-7,10-11H,8-9H2,1-3H3,(H,20,21). The zero-order valence-corrected chi connectivity index (χ0v) is 13.5. The minimum absolute atomic E-state index is 0.296. The van der Waals surface area contributed by atoms with Gasteiger partial charge in [0.05, 0.1) is 12.3 Å². The van der Waals surface area contributed by atoms with Gasteiger partial charge in [0.15, 0.2) is 0 Å². The highest BCUT2D eigenvalue weighted by molar-refractivity contribution is 6.05. The first-order chi connectivity index (χ1) is 11.0. The minimum Gasteiger partial charge on any atom is -0.489 e. The molecule has 2 aromatic rings. The van der Waals surface area contributed by atoms with Crippen molar-refractivity contribution < 1.29 is 18.7 Å². The second-order valence-corrected chi connectivity index (χ2v) is 5.23. The highest BCUT2D eigenvalue weighted by Crippen LogP contribution is 2.26. The monoisotopic (exact) mass is 317 g/mol. The molecule has 0 unspecified atom stereocenters. The highest BCUT2D eigenvalue weighted by atomic mass is 19.1. The molecule has 0 aliphatic rings. The summed E-state index contributed by atoms with van der Waals surface area (Å²) in [4.78, 5) is 12.4. The first-order valence-corrected chi connectivity index (χ1v) is 7.31. The van der Waals surface area contributed by atoms with Crippen molar-refractivity contribution in [1.29, 1.82) is 0 Å². The van der Waals surface area contributed by atoms with Crippen molar-refractivity contribution in [3.05, 3.63) is 58.9 Å². The molecule has 0 aliphatic heterocycles. The Kier molecular flexibility index (Phi) is 5.71. The fraction of sp³-hybridized carbons (Fsp3) is 0.278. The summed E-state index contributed by atoms with van der Waals surface area (Å²) in [6.07, 6.45) is 0. The van der Waals surface area contributed by atoms with Crippen LogP contribution in [0.25, 0.3) is 0 Å². The maximum Gasteiger partial charge on any atom is 0.255 e. The lowest BCUT2D eigenvalue weighted by Crippen LogP contribution is -2.14. The Morgan fingerprint density at radius 3 is 2.57 bits per heavy atom. The van der Waals surface area contributed by atoms with Crippen LogP contribution >= 0.6 is 0 Å². The molecule has 0 saturated carbocycles. The molecular weight excluding hydrogens is 297 g/mol. The molecule has 1 amide bonds. The van der Waals surface area contributed by atoms with E-state index in [2.05, 4.69) is 5.32 Å². The molecule has 2 aromatic carbocycles. The number of nitrogens with one attached hydrogen (secondary N) is 1. The van der Waals surface area contributed by atoms with Crippen molar-refractivity contribution in [2.24, 2.45) is 0 Å². The van der Waals surface area contributed by atoms with Crippen molar-refractivity contribution in [3.8, 4) is 5.75 Å². The van der Waals surface area contributed by atoms with Crippen LogP contribution in [0.15, 0.2) is 36.4 Å². The van der Waals surface area contributed by atoms with Crippen LogP contribution in [0.1, 0.15) is 21.5 Å². The number of halogens is 1. The Morgan fingerprint density at radius 2 is 1.87 bits per heavy atom. The fourth-order valence-electron chi connectivity index (χ4n) is 2.04. The maximum absolute atomic E-state index is 13.5. The molecule has 0 bridgehead atoms. The third-order valence-electron chi connectivity index (χ3n) is 3.50. The van der Waals surface area contributed by atoms with Gasteiger partial charge >= 0.3 is 0 Å². The normalized spacial score (nSPS) is 10.4. The third kappa shape index (κ3) is 4.53.